The molecule has 1 atom stereocenters. The molecule has 1 unspecified atom stereocenters. The van der Waals surface area contributed by atoms with Crippen LogP contribution >= 0.6 is 15.9 Å². The second-order valence-corrected chi connectivity index (χ2v) is 6.11. The van der Waals surface area contributed by atoms with Gasteiger partial charge in [-0.1, -0.05) is 15.9 Å². The van der Waals surface area contributed by atoms with Gasteiger partial charge in [-0.2, -0.15) is 0 Å². The fourth-order valence-electron chi connectivity index (χ4n) is 2.54. The maximum atomic E-state index is 12.6. The summed E-state index contributed by atoms with van der Waals surface area (Å²) in [6.45, 7) is 4.81. The van der Waals surface area contributed by atoms with E-state index in [1.807, 2.05) is 11.0 Å². The Morgan fingerprint density at radius 2 is 2.16 bits per heavy atom. The highest BCUT2D eigenvalue weighted by Crippen LogP contribution is 2.22. The van der Waals surface area contributed by atoms with Crippen molar-refractivity contribution in [3.8, 4) is 0 Å². The smallest absolute Gasteiger partial charge is 0.256 e. The zero-order chi connectivity index (χ0) is 14.0. The molecule has 19 heavy (non-hydrogen) atoms. The number of nitrogens with zero attached hydrogens (tertiary/aromatic N) is 2. The summed E-state index contributed by atoms with van der Waals surface area (Å²) in [6, 6.07) is 5.63. The molecular formula is C14H20BrN3O. The minimum Gasteiger partial charge on any atom is -0.398 e. The topological polar surface area (TPSA) is 49.6 Å². The van der Waals surface area contributed by atoms with Gasteiger partial charge in [-0.3, -0.25) is 4.79 Å². The van der Waals surface area contributed by atoms with Crippen molar-refractivity contribution >= 4 is 27.5 Å². The Kier molecular flexibility index (Phi) is 4.47. The molecule has 0 aromatic heterocycles. The van der Waals surface area contributed by atoms with Gasteiger partial charge in [0.1, 0.15) is 0 Å². The number of anilines is 1. The Balaban J connectivity index is 2.25. The third kappa shape index (κ3) is 3.28. The molecule has 1 saturated heterocycles. The van der Waals surface area contributed by atoms with E-state index in [1.165, 1.54) is 0 Å². The van der Waals surface area contributed by atoms with Crippen molar-refractivity contribution in [1.82, 2.24) is 9.80 Å². The SMILES string of the molecule is CC1CN(C)CCCN1C(=O)c1cc(Br)ccc1N. The Morgan fingerprint density at radius 3 is 2.89 bits per heavy atom. The number of nitrogen functional groups attached to an aromatic ring is 1. The lowest BCUT2D eigenvalue weighted by molar-refractivity contribution is 0.0697. The molecule has 1 aromatic carbocycles. The molecular weight excluding hydrogens is 306 g/mol. The van der Waals surface area contributed by atoms with Crippen LogP contribution in [0.5, 0.6) is 0 Å². The summed E-state index contributed by atoms with van der Waals surface area (Å²) in [7, 11) is 2.10. The maximum Gasteiger partial charge on any atom is 0.256 e. The second kappa shape index (κ2) is 5.92. The molecule has 1 heterocycles. The first-order valence-electron chi connectivity index (χ1n) is 6.53. The monoisotopic (exact) mass is 325 g/mol. The molecule has 0 radical (unpaired) electrons. The minimum atomic E-state index is 0.0293. The third-order valence-corrected chi connectivity index (χ3v) is 4.05. The number of hydrogen-bond donors (Lipinski definition) is 1. The number of amides is 1. The van der Waals surface area contributed by atoms with Crippen LogP contribution in [0, 0.1) is 0 Å². The number of carbonyl (C=O) groups is 1. The number of benzene rings is 1. The molecule has 5 heteroatoms. The van der Waals surface area contributed by atoms with Gasteiger partial charge in [0.25, 0.3) is 5.91 Å². The Hall–Kier alpha value is -1.07. The quantitative estimate of drug-likeness (QED) is 0.805. The lowest BCUT2D eigenvalue weighted by Gasteiger charge is -2.28. The summed E-state index contributed by atoms with van der Waals surface area (Å²) >= 11 is 3.39. The van der Waals surface area contributed by atoms with Crippen LogP contribution in [0.15, 0.2) is 22.7 Å². The molecule has 2 rings (SSSR count). The van der Waals surface area contributed by atoms with Crippen molar-refractivity contribution in [2.75, 3.05) is 32.4 Å². The van der Waals surface area contributed by atoms with Crippen LogP contribution in [0.2, 0.25) is 0 Å². The molecule has 0 saturated carbocycles. The van der Waals surface area contributed by atoms with Gasteiger partial charge in [0.15, 0.2) is 0 Å². The average Bonchev–Trinajstić information content (AvgIpc) is 2.52. The summed E-state index contributed by atoms with van der Waals surface area (Å²) in [5.74, 6) is 0.0293. The summed E-state index contributed by atoms with van der Waals surface area (Å²) in [6.07, 6.45) is 1.00. The zero-order valence-electron chi connectivity index (χ0n) is 11.4. The predicted octanol–water partition coefficient (Wildman–Crippen LogP) is 2.20. The number of likely N-dealkylation sites (N-methyl/N-ethyl adjacent to an activating group) is 1. The normalized spacial score (nSPS) is 21.2. The first-order chi connectivity index (χ1) is 8.99. The fourth-order valence-corrected chi connectivity index (χ4v) is 2.90. The van der Waals surface area contributed by atoms with E-state index in [0.29, 0.717) is 11.3 Å². The Bertz CT molecular complexity index is 478. The molecule has 1 fully saturated rings. The lowest BCUT2D eigenvalue weighted by atomic mass is 10.1. The van der Waals surface area contributed by atoms with Gasteiger partial charge in [-0.25, -0.2) is 0 Å². The van der Waals surface area contributed by atoms with E-state index in [-0.39, 0.29) is 11.9 Å². The van der Waals surface area contributed by atoms with Crippen LogP contribution in [-0.2, 0) is 0 Å². The van der Waals surface area contributed by atoms with Crippen LogP contribution < -0.4 is 5.73 Å². The second-order valence-electron chi connectivity index (χ2n) is 5.19. The zero-order valence-corrected chi connectivity index (χ0v) is 13.0. The van der Waals surface area contributed by atoms with Crippen molar-refractivity contribution in [2.45, 2.75) is 19.4 Å². The molecule has 0 bridgehead atoms. The van der Waals surface area contributed by atoms with E-state index < -0.39 is 0 Å². The Morgan fingerprint density at radius 1 is 1.42 bits per heavy atom. The molecule has 1 aliphatic heterocycles. The van der Waals surface area contributed by atoms with Gasteiger partial charge in [-0.15, -0.1) is 0 Å². The first-order valence-corrected chi connectivity index (χ1v) is 7.33. The van der Waals surface area contributed by atoms with Gasteiger partial charge in [-0.05, 0) is 45.1 Å². The van der Waals surface area contributed by atoms with E-state index in [4.69, 9.17) is 5.73 Å². The van der Waals surface area contributed by atoms with Crippen LogP contribution in [-0.4, -0.2) is 48.4 Å². The fraction of sp³-hybridized carbons (Fsp3) is 0.500. The standard InChI is InChI=1S/C14H20BrN3O/c1-10-9-17(2)6-3-7-18(10)14(19)12-8-11(15)4-5-13(12)16/h4-5,8,10H,3,6-7,9,16H2,1-2H3. The molecule has 0 spiro atoms. The number of nitrogens with two attached hydrogens (primary N) is 1. The summed E-state index contributed by atoms with van der Waals surface area (Å²) < 4.78 is 0.879. The molecule has 2 N–H and O–H groups in total. The summed E-state index contributed by atoms with van der Waals surface area (Å²) in [5, 5.41) is 0. The van der Waals surface area contributed by atoms with Crippen LogP contribution in [0.25, 0.3) is 0 Å². The molecule has 104 valence electrons. The maximum absolute atomic E-state index is 12.6. The van der Waals surface area contributed by atoms with E-state index >= 15 is 0 Å². The molecule has 0 aliphatic carbocycles. The van der Waals surface area contributed by atoms with Gasteiger partial charge >= 0.3 is 0 Å². The van der Waals surface area contributed by atoms with Gasteiger partial charge in [0, 0.05) is 29.3 Å². The largest absolute Gasteiger partial charge is 0.398 e. The van der Waals surface area contributed by atoms with Crippen LogP contribution in [0.3, 0.4) is 0 Å². The number of carbonyl (C=O) groups excluding carboxylic acids is 1. The molecule has 4 nitrogen and oxygen atoms in total. The van der Waals surface area contributed by atoms with E-state index in [9.17, 15) is 4.79 Å². The highest BCUT2D eigenvalue weighted by molar-refractivity contribution is 9.10. The predicted molar refractivity (Wildman–Crippen MR) is 81.2 cm³/mol. The van der Waals surface area contributed by atoms with E-state index in [1.54, 1.807) is 12.1 Å². The van der Waals surface area contributed by atoms with Gasteiger partial charge in [0.05, 0.1) is 5.56 Å². The lowest BCUT2D eigenvalue weighted by Crippen LogP contribution is -2.42. The highest BCUT2D eigenvalue weighted by atomic mass is 79.9. The third-order valence-electron chi connectivity index (χ3n) is 3.55. The number of rotatable bonds is 1. The molecule has 1 aliphatic rings. The van der Waals surface area contributed by atoms with Crippen molar-refractivity contribution in [2.24, 2.45) is 0 Å². The molecule has 1 aromatic rings. The Labute approximate surface area is 122 Å². The van der Waals surface area contributed by atoms with Crippen molar-refractivity contribution in [3.05, 3.63) is 28.2 Å². The highest BCUT2D eigenvalue weighted by Gasteiger charge is 2.26. The first kappa shape index (κ1) is 14.3. The average molecular weight is 326 g/mol. The van der Waals surface area contributed by atoms with Gasteiger partial charge < -0.3 is 15.5 Å². The summed E-state index contributed by atoms with van der Waals surface area (Å²) in [4.78, 5) is 16.8. The van der Waals surface area contributed by atoms with Crippen molar-refractivity contribution in [3.63, 3.8) is 0 Å². The van der Waals surface area contributed by atoms with E-state index in [0.717, 1.165) is 30.5 Å². The van der Waals surface area contributed by atoms with Crippen molar-refractivity contribution in [1.29, 1.82) is 0 Å². The van der Waals surface area contributed by atoms with Crippen LogP contribution in [0.1, 0.15) is 23.7 Å². The van der Waals surface area contributed by atoms with E-state index in [2.05, 4.69) is 34.8 Å². The molecule has 1 amide bonds. The minimum absolute atomic E-state index is 0.0293. The van der Waals surface area contributed by atoms with Crippen molar-refractivity contribution < 1.29 is 4.79 Å². The van der Waals surface area contributed by atoms with Crippen LogP contribution in [0.4, 0.5) is 5.69 Å². The van der Waals surface area contributed by atoms with Gasteiger partial charge in [0.2, 0.25) is 0 Å². The summed E-state index contributed by atoms with van der Waals surface area (Å²) in [5.41, 5.74) is 7.06. The number of hydrogen-bond acceptors (Lipinski definition) is 3. The number of halogens is 1.